The van der Waals surface area contributed by atoms with E-state index in [2.05, 4.69) is 45.1 Å². The highest BCUT2D eigenvalue weighted by Crippen LogP contribution is 2.38. The third kappa shape index (κ3) is 2.71. The molecule has 0 spiro atoms. The molecule has 2 aliphatic heterocycles. The molecule has 0 radical (unpaired) electrons. The average Bonchev–Trinajstić information content (AvgIpc) is 2.92. The van der Waals surface area contributed by atoms with Crippen molar-refractivity contribution in [2.24, 2.45) is 0 Å². The summed E-state index contributed by atoms with van der Waals surface area (Å²) in [5.41, 5.74) is 6.04. The van der Waals surface area contributed by atoms with E-state index in [9.17, 15) is 9.59 Å². The Hall–Kier alpha value is -2.30. The number of amides is 3. The first-order valence-corrected chi connectivity index (χ1v) is 8.92. The van der Waals surface area contributed by atoms with E-state index in [4.69, 9.17) is 0 Å². The minimum absolute atomic E-state index is 0.0406. The van der Waals surface area contributed by atoms with E-state index in [1.807, 2.05) is 11.8 Å². The van der Waals surface area contributed by atoms with Gasteiger partial charge in [-0.25, -0.2) is 4.79 Å². The number of benzene rings is 1. The summed E-state index contributed by atoms with van der Waals surface area (Å²) in [5.74, 6) is 0.0406. The van der Waals surface area contributed by atoms with Gasteiger partial charge in [0, 0.05) is 13.1 Å². The Bertz CT molecular complexity index is 781. The fourth-order valence-electron chi connectivity index (χ4n) is 3.69. The maximum Gasteiger partial charge on any atom is 0.322 e. The Morgan fingerprint density at radius 3 is 2.44 bits per heavy atom. The predicted molar refractivity (Wildman–Crippen MR) is 98.2 cm³/mol. The van der Waals surface area contributed by atoms with Crippen LogP contribution in [0.2, 0.25) is 0 Å². The van der Waals surface area contributed by atoms with Gasteiger partial charge in [-0.1, -0.05) is 19.1 Å². The highest BCUT2D eigenvalue weighted by Gasteiger charge is 2.44. The lowest BCUT2D eigenvalue weighted by Gasteiger charge is -2.32. The van der Waals surface area contributed by atoms with E-state index in [-0.39, 0.29) is 24.0 Å². The number of hydrogen-bond donors (Lipinski definition) is 1. The van der Waals surface area contributed by atoms with Crippen LogP contribution in [0.5, 0.6) is 0 Å². The van der Waals surface area contributed by atoms with Gasteiger partial charge in [0.25, 0.3) is 5.91 Å². The third-order valence-corrected chi connectivity index (χ3v) is 5.70. The summed E-state index contributed by atoms with van der Waals surface area (Å²) in [6, 6.07) is 3.86. The molecule has 0 fully saturated rings. The maximum atomic E-state index is 13.1. The van der Waals surface area contributed by atoms with Crippen LogP contribution in [0.1, 0.15) is 48.6 Å². The van der Waals surface area contributed by atoms with E-state index in [0.29, 0.717) is 12.1 Å². The van der Waals surface area contributed by atoms with Gasteiger partial charge in [0.2, 0.25) is 0 Å². The molecule has 2 atom stereocenters. The molecule has 0 unspecified atom stereocenters. The van der Waals surface area contributed by atoms with E-state index in [0.717, 1.165) is 23.2 Å². The summed E-state index contributed by atoms with van der Waals surface area (Å²) in [6.45, 7) is 10.8. The predicted octanol–water partition coefficient (Wildman–Crippen LogP) is 3.20. The molecule has 0 aliphatic carbocycles. The number of urea groups is 1. The topological polar surface area (TPSA) is 52.7 Å². The lowest BCUT2D eigenvalue weighted by atomic mass is 9.90. The molecule has 5 heteroatoms. The summed E-state index contributed by atoms with van der Waals surface area (Å²) >= 11 is 0. The zero-order valence-corrected chi connectivity index (χ0v) is 15.9. The van der Waals surface area contributed by atoms with E-state index >= 15 is 0 Å². The Balaban J connectivity index is 2.10. The summed E-state index contributed by atoms with van der Waals surface area (Å²) in [7, 11) is 1.74. The molecular formula is C20H27N3O2. The Kier molecular flexibility index (Phi) is 4.35. The highest BCUT2D eigenvalue weighted by molar-refractivity contribution is 6.01. The SMILES string of the molecule is CC[C@H](C)N1CC2=C(C1=O)[C@H](c1cc(C)c(C)cc1C)NC(=O)N2C. The molecular weight excluding hydrogens is 314 g/mol. The minimum Gasteiger partial charge on any atom is -0.330 e. The van der Waals surface area contributed by atoms with Gasteiger partial charge >= 0.3 is 6.03 Å². The number of hydrogen-bond acceptors (Lipinski definition) is 2. The van der Waals surface area contributed by atoms with Crippen molar-refractivity contribution in [3.63, 3.8) is 0 Å². The van der Waals surface area contributed by atoms with Crippen molar-refractivity contribution >= 4 is 11.9 Å². The average molecular weight is 341 g/mol. The molecule has 0 saturated carbocycles. The van der Waals surface area contributed by atoms with Gasteiger partial charge < -0.3 is 10.2 Å². The van der Waals surface area contributed by atoms with E-state index in [1.54, 1.807) is 11.9 Å². The lowest BCUT2D eigenvalue weighted by molar-refractivity contribution is -0.127. The van der Waals surface area contributed by atoms with Crippen LogP contribution in [0.4, 0.5) is 4.79 Å². The molecule has 0 aromatic heterocycles. The molecule has 2 aliphatic rings. The van der Waals surface area contributed by atoms with E-state index in [1.165, 1.54) is 11.1 Å². The smallest absolute Gasteiger partial charge is 0.322 e. The van der Waals surface area contributed by atoms with Crippen LogP contribution in [0.15, 0.2) is 23.4 Å². The number of nitrogens with one attached hydrogen (secondary N) is 1. The molecule has 5 nitrogen and oxygen atoms in total. The monoisotopic (exact) mass is 341 g/mol. The second-order valence-electron chi connectivity index (χ2n) is 7.29. The molecule has 1 N–H and O–H groups in total. The second kappa shape index (κ2) is 6.21. The van der Waals surface area contributed by atoms with E-state index < -0.39 is 0 Å². The van der Waals surface area contributed by atoms with Crippen molar-refractivity contribution < 1.29 is 9.59 Å². The quantitative estimate of drug-likeness (QED) is 0.918. The van der Waals surface area contributed by atoms with Gasteiger partial charge in [-0.15, -0.1) is 0 Å². The number of carbonyl (C=O) groups is 2. The highest BCUT2D eigenvalue weighted by atomic mass is 16.2. The number of likely N-dealkylation sites (N-methyl/N-ethyl adjacent to an activating group) is 1. The fraction of sp³-hybridized carbons (Fsp3) is 0.500. The van der Waals surface area contributed by atoms with Crippen molar-refractivity contribution in [3.8, 4) is 0 Å². The van der Waals surface area contributed by atoms with Crippen LogP contribution >= 0.6 is 0 Å². The first-order valence-electron chi connectivity index (χ1n) is 8.92. The molecule has 0 saturated heterocycles. The number of nitrogens with zero attached hydrogens (tertiary/aromatic N) is 2. The lowest BCUT2D eigenvalue weighted by Crippen LogP contribution is -2.45. The molecule has 2 heterocycles. The van der Waals surface area contributed by atoms with Crippen molar-refractivity contribution in [2.75, 3.05) is 13.6 Å². The summed E-state index contributed by atoms with van der Waals surface area (Å²) in [4.78, 5) is 29.1. The van der Waals surface area contributed by atoms with Crippen molar-refractivity contribution in [2.45, 2.75) is 53.1 Å². The fourth-order valence-corrected chi connectivity index (χ4v) is 3.69. The van der Waals surface area contributed by atoms with Crippen molar-refractivity contribution in [3.05, 3.63) is 45.7 Å². The van der Waals surface area contributed by atoms with Crippen LogP contribution in [-0.4, -0.2) is 41.4 Å². The van der Waals surface area contributed by atoms with Crippen molar-refractivity contribution in [1.82, 2.24) is 15.1 Å². The molecule has 1 aromatic rings. The number of rotatable bonds is 3. The Labute approximate surface area is 149 Å². The van der Waals surface area contributed by atoms with Gasteiger partial charge in [-0.2, -0.15) is 0 Å². The molecule has 3 amide bonds. The molecule has 134 valence electrons. The number of carbonyl (C=O) groups excluding carboxylic acids is 2. The molecule has 25 heavy (non-hydrogen) atoms. The number of aryl methyl sites for hydroxylation is 3. The second-order valence-corrected chi connectivity index (χ2v) is 7.29. The van der Waals surface area contributed by atoms with Crippen LogP contribution in [0, 0.1) is 20.8 Å². The maximum absolute atomic E-state index is 13.1. The summed E-state index contributed by atoms with van der Waals surface area (Å²) < 4.78 is 0. The van der Waals surface area contributed by atoms with Gasteiger partial charge in [0.15, 0.2) is 0 Å². The van der Waals surface area contributed by atoms with Crippen LogP contribution in [-0.2, 0) is 4.79 Å². The Morgan fingerprint density at radius 2 is 1.80 bits per heavy atom. The normalized spacial score (nSPS) is 21.6. The third-order valence-electron chi connectivity index (χ3n) is 5.70. The van der Waals surface area contributed by atoms with Crippen LogP contribution in [0.3, 0.4) is 0 Å². The van der Waals surface area contributed by atoms with Gasteiger partial charge in [-0.05, 0) is 56.4 Å². The van der Waals surface area contributed by atoms with Crippen LogP contribution in [0.25, 0.3) is 0 Å². The first kappa shape index (κ1) is 17.5. The zero-order valence-electron chi connectivity index (χ0n) is 15.9. The molecule has 1 aromatic carbocycles. The van der Waals surface area contributed by atoms with Gasteiger partial charge in [-0.3, -0.25) is 9.69 Å². The standard InChI is InChI=1S/C20H27N3O2/c1-7-14(5)23-10-16-17(19(23)24)18(21-20(25)22(16)6)15-9-12(3)11(2)8-13(15)4/h8-9,14,18H,7,10H2,1-6H3,(H,21,25)/t14-,18-/m0/s1. The Morgan fingerprint density at radius 1 is 1.16 bits per heavy atom. The van der Waals surface area contributed by atoms with Crippen LogP contribution < -0.4 is 5.32 Å². The summed E-state index contributed by atoms with van der Waals surface area (Å²) in [6.07, 6.45) is 0.894. The van der Waals surface area contributed by atoms with Gasteiger partial charge in [0.05, 0.1) is 23.9 Å². The van der Waals surface area contributed by atoms with Gasteiger partial charge in [0.1, 0.15) is 0 Å². The summed E-state index contributed by atoms with van der Waals surface area (Å²) in [5, 5.41) is 3.03. The van der Waals surface area contributed by atoms with Crippen molar-refractivity contribution in [1.29, 1.82) is 0 Å². The minimum atomic E-state index is -0.375. The zero-order chi connectivity index (χ0) is 18.5. The first-order chi connectivity index (χ1) is 11.8. The molecule has 0 bridgehead atoms. The largest absolute Gasteiger partial charge is 0.330 e. The molecule has 3 rings (SSSR count).